The molecule has 0 amide bonds. The first-order chi connectivity index (χ1) is 22.2. The summed E-state index contributed by atoms with van der Waals surface area (Å²) in [5, 5.41) is 2.29. The number of benzene rings is 4. The Morgan fingerprint density at radius 2 is 1.54 bits per heavy atom. The molecule has 0 radical (unpaired) electrons. The zero-order chi connectivity index (χ0) is 32.3. The van der Waals surface area contributed by atoms with E-state index in [1.54, 1.807) is 6.07 Å². The van der Waals surface area contributed by atoms with Gasteiger partial charge in [-0.05, 0) is 77.2 Å². The molecule has 2 N–H and O–H groups in total. The molecule has 1 saturated carbocycles. The van der Waals surface area contributed by atoms with E-state index < -0.39 is 44.0 Å². The second kappa shape index (κ2) is 13.6. The summed E-state index contributed by atoms with van der Waals surface area (Å²) in [6, 6.07) is 24.4. The van der Waals surface area contributed by atoms with Crippen LogP contribution >= 0.6 is 22.6 Å². The normalized spacial score (nSPS) is 14.7. The Morgan fingerprint density at radius 1 is 0.870 bits per heavy atom. The minimum Gasteiger partial charge on any atom is -0.462 e. The number of halogens is 4. The molecule has 0 unspecified atom stereocenters. The van der Waals surface area contributed by atoms with Crippen LogP contribution in [0.1, 0.15) is 30.4 Å². The SMILES string of the molecule is O=S(=O)(Nc1c(Nc2ccc(I)cc2F)c(F)c(F)c2ccoc12)C1(C[C@H](COCc2ccccc2)OCc2ccccc2)CC1. The molecule has 1 aliphatic carbocycles. The lowest BCUT2D eigenvalue weighted by molar-refractivity contribution is -0.0344. The summed E-state index contributed by atoms with van der Waals surface area (Å²) in [5.41, 5.74) is 0.533. The van der Waals surface area contributed by atoms with Crippen LogP contribution in [0.2, 0.25) is 0 Å². The molecule has 7 nitrogen and oxygen atoms in total. The maximum atomic E-state index is 15.5. The topological polar surface area (TPSA) is 89.8 Å². The Balaban J connectivity index is 1.28. The molecule has 4 aromatic carbocycles. The third-order valence-electron chi connectivity index (χ3n) is 7.94. The Morgan fingerprint density at radius 3 is 2.20 bits per heavy atom. The summed E-state index contributed by atoms with van der Waals surface area (Å²) >= 11 is 1.92. The Bertz CT molecular complexity index is 1940. The van der Waals surface area contributed by atoms with Gasteiger partial charge in [0.15, 0.2) is 17.2 Å². The van der Waals surface area contributed by atoms with Crippen molar-refractivity contribution in [3.8, 4) is 0 Å². The highest BCUT2D eigenvalue weighted by atomic mass is 127. The number of ether oxygens (including phenoxy) is 2. The van der Waals surface area contributed by atoms with Crippen LogP contribution in [0, 0.1) is 21.0 Å². The van der Waals surface area contributed by atoms with Crippen LogP contribution in [-0.4, -0.2) is 25.9 Å². The predicted octanol–water partition coefficient (Wildman–Crippen LogP) is 8.66. The molecule has 0 saturated heterocycles. The molecule has 46 heavy (non-hydrogen) atoms. The predicted molar refractivity (Wildman–Crippen MR) is 179 cm³/mol. The molecule has 5 aromatic rings. The van der Waals surface area contributed by atoms with Crippen molar-refractivity contribution in [1.29, 1.82) is 0 Å². The standard InChI is InChI=1S/C34H30F3IN2O5S/c35-27-17-24(38)11-12-28(27)39-31-30(37)29(36)26-13-16-44-33(26)32(31)40-46(41,42)34(14-15-34)18-25(45-20-23-9-5-2-6-10-23)21-43-19-22-7-3-1-4-8-22/h1-13,16-17,25,39-40H,14-15,18-21H2/t25-/m1/s1. The number of hydrogen-bond donors (Lipinski definition) is 2. The zero-order valence-electron chi connectivity index (χ0n) is 24.4. The van der Waals surface area contributed by atoms with Gasteiger partial charge < -0.3 is 19.2 Å². The molecule has 1 aliphatic rings. The highest BCUT2D eigenvalue weighted by molar-refractivity contribution is 14.1. The van der Waals surface area contributed by atoms with Gasteiger partial charge >= 0.3 is 0 Å². The van der Waals surface area contributed by atoms with Gasteiger partial charge in [0, 0.05) is 3.57 Å². The van der Waals surface area contributed by atoms with E-state index in [0.717, 1.165) is 17.4 Å². The first-order valence-electron chi connectivity index (χ1n) is 14.6. The van der Waals surface area contributed by atoms with Gasteiger partial charge in [-0.2, -0.15) is 0 Å². The second-order valence-electron chi connectivity index (χ2n) is 11.2. The maximum Gasteiger partial charge on any atom is 0.238 e. The van der Waals surface area contributed by atoms with Crippen molar-refractivity contribution in [1.82, 2.24) is 0 Å². The molecular formula is C34H30F3IN2O5S. The molecule has 0 bridgehead atoms. The molecule has 0 aliphatic heterocycles. The Hall–Kier alpha value is -3.59. The third-order valence-corrected chi connectivity index (χ3v) is 10.8. The van der Waals surface area contributed by atoms with Crippen LogP contribution in [0.3, 0.4) is 0 Å². The Kier molecular flexibility index (Phi) is 9.59. The van der Waals surface area contributed by atoms with Gasteiger partial charge in [-0.25, -0.2) is 21.6 Å². The maximum absolute atomic E-state index is 15.5. The van der Waals surface area contributed by atoms with Gasteiger partial charge in [-0.1, -0.05) is 60.7 Å². The fraction of sp³-hybridized carbons (Fsp3) is 0.235. The van der Waals surface area contributed by atoms with E-state index in [-0.39, 0.29) is 42.0 Å². The summed E-state index contributed by atoms with van der Waals surface area (Å²) < 4.78 is 93.0. The van der Waals surface area contributed by atoms with Crippen LogP contribution in [-0.2, 0) is 32.7 Å². The smallest absolute Gasteiger partial charge is 0.238 e. The lowest BCUT2D eigenvalue weighted by atomic mass is 10.1. The number of anilines is 3. The molecule has 1 heterocycles. The van der Waals surface area contributed by atoms with Gasteiger partial charge in [0.2, 0.25) is 10.0 Å². The van der Waals surface area contributed by atoms with Crippen molar-refractivity contribution >= 4 is 60.6 Å². The highest BCUT2D eigenvalue weighted by Gasteiger charge is 2.56. The van der Waals surface area contributed by atoms with Crippen LogP contribution in [0.25, 0.3) is 11.0 Å². The van der Waals surface area contributed by atoms with Crippen molar-refractivity contribution in [3.63, 3.8) is 0 Å². The van der Waals surface area contributed by atoms with Crippen molar-refractivity contribution in [2.24, 2.45) is 0 Å². The second-order valence-corrected chi connectivity index (χ2v) is 14.5. The van der Waals surface area contributed by atoms with E-state index in [9.17, 15) is 12.8 Å². The number of sulfonamides is 1. The van der Waals surface area contributed by atoms with Crippen molar-refractivity contribution < 1.29 is 35.5 Å². The van der Waals surface area contributed by atoms with E-state index in [2.05, 4.69) is 10.0 Å². The average Bonchev–Trinajstić information content (AvgIpc) is 3.68. The average molecular weight is 763 g/mol. The number of nitrogens with one attached hydrogen (secondary N) is 2. The van der Waals surface area contributed by atoms with Gasteiger partial charge in [-0.3, -0.25) is 4.72 Å². The molecule has 0 spiro atoms. The summed E-state index contributed by atoms with van der Waals surface area (Å²) in [4.78, 5) is 0. The summed E-state index contributed by atoms with van der Waals surface area (Å²) in [5.74, 6) is -3.37. The third kappa shape index (κ3) is 7.04. The van der Waals surface area contributed by atoms with Crippen LogP contribution in [0.15, 0.2) is 95.6 Å². The molecule has 1 aromatic heterocycles. The van der Waals surface area contributed by atoms with Crippen LogP contribution in [0.4, 0.5) is 30.2 Å². The van der Waals surface area contributed by atoms with Gasteiger partial charge in [0.25, 0.3) is 0 Å². The lowest BCUT2D eigenvalue weighted by Crippen LogP contribution is -2.36. The monoisotopic (exact) mass is 762 g/mol. The summed E-state index contributed by atoms with van der Waals surface area (Å²) in [6.45, 7) is 0.695. The molecular weight excluding hydrogens is 732 g/mol. The van der Waals surface area contributed by atoms with E-state index in [1.807, 2.05) is 83.3 Å². The molecule has 1 atom stereocenters. The molecule has 12 heteroatoms. The largest absolute Gasteiger partial charge is 0.462 e. The number of rotatable bonds is 14. The van der Waals surface area contributed by atoms with Crippen molar-refractivity contribution in [3.05, 3.63) is 123 Å². The first-order valence-corrected chi connectivity index (χ1v) is 17.1. The van der Waals surface area contributed by atoms with E-state index in [4.69, 9.17) is 13.9 Å². The van der Waals surface area contributed by atoms with Gasteiger partial charge in [0.05, 0.1) is 48.0 Å². The van der Waals surface area contributed by atoms with Gasteiger partial charge in [-0.15, -0.1) is 0 Å². The fourth-order valence-electron chi connectivity index (χ4n) is 5.28. The number of fused-ring (bicyclic) bond motifs is 1. The lowest BCUT2D eigenvalue weighted by Gasteiger charge is -2.25. The first kappa shape index (κ1) is 32.4. The molecule has 240 valence electrons. The minimum absolute atomic E-state index is 0.0867. The summed E-state index contributed by atoms with van der Waals surface area (Å²) in [7, 11) is -4.26. The van der Waals surface area contributed by atoms with E-state index in [1.165, 1.54) is 18.2 Å². The number of furan rings is 1. The quantitative estimate of drug-likeness (QED) is 0.110. The van der Waals surface area contributed by atoms with Crippen LogP contribution in [0.5, 0.6) is 0 Å². The number of hydrogen-bond acceptors (Lipinski definition) is 6. The molecule has 1 fully saturated rings. The minimum atomic E-state index is -4.26. The summed E-state index contributed by atoms with van der Waals surface area (Å²) in [6.07, 6.45) is 1.24. The zero-order valence-corrected chi connectivity index (χ0v) is 27.4. The van der Waals surface area contributed by atoms with Crippen molar-refractivity contribution in [2.45, 2.75) is 43.3 Å². The highest BCUT2D eigenvalue weighted by Crippen LogP contribution is 2.50. The van der Waals surface area contributed by atoms with Crippen molar-refractivity contribution in [2.75, 3.05) is 16.6 Å². The van der Waals surface area contributed by atoms with E-state index in [0.29, 0.717) is 23.0 Å². The van der Waals surface area contributed by atoms with Crippen LogP contribution < -0.4 is 10.0 Å². The van der Waals surface area contributed by atoms with E-state index >= 15 is 8.78 Å². The Labute approximate surface area is 278 Å². The molecule has 6 rings (SSSR count). The fourth-order valence-corrected chi connectivity index (χ4v) is 7.46. The van der Waals surface area contributed by atoms with Gasteiger partial charge in [0.1, 0.15) is 17.2 Å².